The van der Waals surface area contributed by atoms with Gasteiger partial charge < -0.3 is 4.90 Å². The Kier molecular flexibility index (Phi) is 6.58. The van der Waals surface area contributed by atoms with E-state index in [1.54, 1.807) is 11.1 Å². The van der Waals surface area contributed by atoms with E-state index in [9.17, 15) is 4.79 Å². The van der Waals surface area contributed by atoms with E-state index in [0.717, 1.165) is 31.6 Å². The SMILES string of the molecule is N#CCCN(CCC#N)C(=O)CN1CCC[C@H](c2ccn[nH]2)C1. The fraction of sp³-hybridized carbons (Fsp3) is 0.625. The van der Waals surface area contributed by atoms with Crippen molar-refractivity contribution < 1.29 is 4.79 Å². The lowest BCUT2D eigenvalue weighted by atomic mass is 9.95. The van der Waals surface area contributed by atoms with Gasteiger partial charge >= 0.3 is 0 Å². The lowest BCUT2D eigenvalue weighted by molar-refractivity contribution is -0.132. The average Bonchev–Trinajstić information content (AvgIpc) is 3.09. The fourth-order valence-electron chi connectivity index (χ4n) is 2.97. The summed E-state index contributed by atoms with van der Waals surface area (Å²) in [6.45, 7) is 2.88. The molecule has 0 radical (unpaired) electrons. The Morgan fingerprint density at radius 3 is 2.74 bits per heavy atom. The number of hydrogen-bond acceptors (Lipinski definition) is 5. The molecule has 1 aliphatic heterocycles. The van der Waals surface area contributed by atoms with E-state index in [0.29, 0.717) is 38.4 Å². The van der Waals surface area contributed by atoms with Gasteiger partial charge in [-0.15, -0.1) is 0 Å². The molecule has 2 heterocycles. The first-order valence-electron chi connectivity index (χ1n) is 7.98. The molecule has 0 spiro atoms. The summed E-state index contributed by atoms with van der Waals surface area (Å²) in [7, 11) is 0. The number of aromatic amines is 1. The van der Waals surface area contributed by atoms with Crippen molar-refractivity contribution in [2.45, 2.75) is 31.6 Å². The van der Waals surface area contributed by atoms with Gasteiger partial charge in [0.25, 0.3) is 0 Å². The summed E-state index contributed by atoms with van der Waals surface area (Å²) in [5.74, 6) is 0.381. The van der Waals surface area contributed by atoms with Crippen LogP contribution in [0.25, 0.3) is 0 Å². The molecule has 1 saturated heterocycles. The maximum Gasteiger partial charge on any atom is 0.236 e. The van der Waals surface area contributed by atoms with E-state index in [4.69, 9.17) is 10.5 Å². The standard InChI is InChI=1S/C16H22N6O/c17-6-2-10-22(11-3-7-18)16(23)13-21-9-1-4-14(12-21)15-5-8-19-20-15/h5,8,14H,1-4,9-13H2,(H,19,20)/t14-/m0/s1. The first-order valence-corrected chi connectivity index (χ1v) is 7.98. The largest absolute Gasteiger partial charge is 0.340 e. The first kappa shape index (κ1) is 17.0. The molecule has 7 nitrogen and oxygen atoms in total. The molecule has 2 rings (SSSR count). The number of carbonyl (C=O) groups excluding carboxylic acids is 1. The summed E-state index contributed by atoms with van der Waals surface area (Å²) >= 11 is 0. The quantitative estimate of drug-likeness (QED) is 0.816. The van der Waals surface area contributed by atoms with Crippen LogP contribution in [0.5, 0.6) is 0 Å². The number of nitriles is 2. The van der Waals surface area contributed by atoms with E-state index < -0.39 is 0 Å². The number of nitrogens with zero attached hydrogens (tertiary/aromatic N) is 5. The molecule has 1 aliphatic rings. The predicted molar refractivity (Wildman–Crippen MR) is 84.0 cm³/mol. The molecule has 1 amide bonds. The Labute approximate surface area is 136 Å². The van der Waals surface area contributed by atoms with Gasteiger partial charge in [0.2, 0.25) is 5.91 Å². The minimum Gasteiger partial charge on any atom is -0.340 e. The van der Waals surface area contributed by atoms with Crippen molar-refractivity contribution >= 4 is 5.91 Å². The van der Waals surface area contributed by atoms with Gasteiger partial charge in [-0.3, -0.25) is 14.8 Å². The third-order valence-electron chi connectivity index (χ3n) is 4.17. The zero-order chi connectivity index (χ0) is 16.5. The number of nitrogens with one attached hydrogen (secondary N) is 1. The van der Waals surface area contributed by atoms with Crippen LogP contribution in [0, 0.1) is 22.7 Å². The number of H-pyrrole nitrogens is 1. The maximum atomic E-state index is 12.5. The molecular weight excluding hydrogens is 292 g/mol. The van der Waals surface area contributed by atoms with Gasteiger partial charge in [0, 0.05) is 37.4 Å². The van der Waals surface area contributed by atoms with E-state index in [1.807, 2.05) is 6.07 Å². The summed E-state index contributed by atoms with van der Waals surface area (Å²) in [5, 5.41) is 24.4. The molecule has 7 heteroatoms. The molecule has 0 aliphatic carbocycles. The first-order chi connectivity index (χ1) is 11.2. The molecule has 122 valence electrons. The smallest absolute Gasteiger partial charge is 0.236 e. The highest BCUT2D eigenvalue weighted by atomic mass is 16.2. The lowest BCUT2D eigenvalue weighted by Gasteiger charge is -2.33. The molecule has 23 heavy (non-hydrogen) atoms. The monoisotopic (exact) mass is 314 g/mol. The fourth-order valence-corrected chi connectivity index (χ4v) is 2.97. The normalized spacial score (nSPS) is 18.1. The van der Waals surface area contributed by atoms with Crippen molar-refractivity contribution in [1.82, 2.24) is 20.0 Å². The minimum absolute atomic E-state index is 0.000704. The Morgan fingerprint density at radius 1 is 1.39 bits per heavy atom. The number of hydrogen-bond donors (Lipinski definition) is 1. The van der Waals surface area contributed by atoms with Crippen molar-refractivity contribution in [1.29, 1.82) is 10.5 Å². The molecule has 1 aromatic heterocycles. The van der Waals surface area contributed by atoms with Crippen LogP contribution in [0.1, 0.15) is 37.3 Å². The molecular formula is C16H22N6O. The molecule has 1 atom stereocenters. The molecule has 1 fully saturated rings. The van der Waals surface area contributed by atoms with Crippen molar-refractivity contribution in [2.24, 2.45) is 0 Å². The summed E-state index contributed by atoms with van der Waals surface area (Å²) < 4.78 is 0. The number of likely N-dealkylation sites (tertiary alicyclic amines) is 1. The number of carbonyl (C=O) groups is 1. The zero-order valence-electron chi connectivity index (χ0n) is 13.2. The van der Waals surface area contributed by atoms with Crippen LogP contribution in [0.15, 0.2) is 12.3 Å². The van der Waals surface area contributed by atoms with Gasteiger partial charge in [0.1, 0.15) is 0 Å². The van der Waals surface area contributed by atoms with Crippen LogP contribution < -0.4 is 0 Å². The minimum atomic E-state index is 0.000704. The maximum absolute atomic E-state index is 12.5. The van der Waals surface area contributed by atoms with Crippen LogP contribution in [0.3, 0.4) is 0 Å². The number of aromatic nitrogens is 2. The third kappa shape index (κ3) is 5.08. The van der Waals surface area contributed by atoms with E-state index in [-0.39, 0.29) is 5.91 Å². The highest BCUT2D eigenvalue weighted by Crippen LogP contribution is 2.25. The summed E-state index contributed by atoms with van der Waals surface area (Å²) in [5.41, 5.74) is 1.12. The van der Waals surface area contributed by atoms with Crippen molar-refractivity contribution in [3.8, 4) is 12.1 Å². The molecule has 0 unspecified atom stereocenters. The molecule has 1 aromatic rings. The zero-order valence-corrected chi connectivity index (χ0v) is 13.2. The van der Waals surface area contributed by atoms with Crippen LogP contribution >= 0.6 is 0 Å². The Bertz CT molecular complexity index is 552. The Balaban J connectivity index is 1.89. The van der Waals surface area contributed by atoms with Crippen molar-refractivity contribution in [2.75, 3.05) is 32.7 Å². The second-order valence-corrected chi connectivity index (χ2v) is 5.78. The highest BCUT2D eigenvalue weighted by molar-refractivity contribution is 5.78. The van der Waals surface area contributed by atoms with Crippen LogP contribution in [0.2, 0.25) is 0 Å². The highest BCUT2D eigenvalue weighted by Gasteiger charge is 2.25. The Hall–Kier alpha value is -2.38. The summed E-state index contributed by atoms with van der Waals surface area (Å²) in [4.78, 5) is 16.2. The van der Waals surface area contributed by atoms with Gasteiger partial charge in [-0.2, -0.15) is 15.6 Å². The van der Waals surface area contributed by atoms with E-state index in [1.165, 1.54) is 0 Å². The number of rotatable bonds is 7. The molecule has 0 bridgehead atoms. The molecule has 0 saturated carbocycles. The van der Waals surface area contributed by atoms with Gasteiger partial charge in [-0.1, -0.05) is 0 Å². The topological polar surface area (TPSA) is 99.8 Å². The second-order valence-electron chi connectivity index (χ2n) is 5.78. The average molecular weight is 314 g/mol. The molecule has 0 aromatic carbocycles. The van der Waals surface area contributed by atoms with E-state index in [2.05, 4.69) is 27.2 Å². The predicted octanol–water partition coefficient (Wildman–Crippen LogP) is 1.25. The van der Waals surface area contributed by atoms with Crippen molar-refractivity contribution in [3.05, 3.63) is 18.0 Å². The van der Waals surface area contributed by atoms with Crippen LogP contribution in [-0.4, -0.2) is 58.6 Å². The number of amides is 1. The summed E-state index contributed by atoms with van der Waals surface area (Å²) in [6.07, 6.45) is 4.50. The number of piperidine rings is 1. The van der Waals surface area contributed by atoms with Crippen LogP contribution in [0.4, 0.5) is 0 Å². The van der Waals surface area contributed by atoms with Crippen LogP contribution in [-0.2, 0) is 4.79 Å². The van der Waals surface area contributed by atoms with Crippen molar-refractivity contribution in [3.63, 3.8) is 0 Å². The van der Waals surface area contributed by atoms with Gasteiger partial charge in [-0.25, -0.2) is 0 Å². The summed E-state index contributed by atoms with van der Waals surface area (Å²) in [6, 6.07) is 6.10. The van der Waals surface area contributed by atoms with E-state index >= 15 is 0 Å². The van der Waals surface area contributed by atoms with Gasteiger partial charge in [0.15, 0.2) is 0 Å². The van der Waals surface area contributed by atoms with Gasteiger partial charge in [0.05, 0.1) is 31.5 Å². The van der Waals surface area contributed by atoms with Gasteiger partial charge in [-0.05, 0) is 25.5 Å². The Morgan fingerprint density at radius 2 is 2.13 bits per heavy atom. The molecule has 1 N–H and O–H groups in total. The third-order valence-corrected chi connectivity index (χ3v) is 4.17. The lowest BCUT2D eigenvalue weighted by Crippen LogP contribution is -2.44. The second kappa shape index (κ2) is 8.92.